The minimum absolute atomic E-state index is 0.0145. The van der Waals surface area contributed by atoms with E-state index in [-0.39, 0.29) is 27.1 Å². The molecule has 0 bridgehead atoms. The molecule has 0 radical (unpaired) electrons. The van der Waals surface area contributed by atoms with Crippen molar-refractivity contribution in [1.82, 2.24) is 9.97 Å². The summed E-state index contributed by atoms with van der Waals surface area (Å²) in [5.41, 5.74) is 2.67. The van der Waals surface area contributed by atoms with Crippen LogP contribution in [0.3, 0.4) is 0 Å². The fraction of sp³-hybridized carbons (Fsp3) is 0.0909. The molecule has 0 aliphatic rings. The Balaban J connectivity index is 1.74. The lowest BCUT2D eigenvalue weighted by Crippen LogP contribution is -2.16. The normalized spacial score (nSPS) is 11.2. The lowest BCUT2D eigenvalue weighted by atomic mass is 10.2. The fourth-order valence-electron chi connectivity index (χ4n) is 3.10. The number of rotatable bonds is 7. The molecule has 3 aromatic carbocycles. The topological polar surface area (TPSA) is 128 Å². The van der Waals surface area contributed by atoms with Crippen LogP contribution >= 0.6 is 0 Å². The Bertz CT molecular complexity index is 1440. The van der Waals surface area contributed by atoms with E-state index in [1.165, 1.54) is 24.3 Å². The van der Waals surface area contributed by atoms with Crippen molar-refractivity contribution in [2.45, 2.75) is 4.90 Å². The van der Waals surface area contributed by atoms with Gasteiger partial charge in [-0.25, -0.2) is 23.6 Å². The maximum absolute atomic E-state index is 13.0. The molecule has 0 fully saturated rings. The summed E-state index contributed by atoms with van der Waals surface area (Å²) in [6.07, 6.45) is 0. The van der Waals surface area contributed by atoms with Crippen molar-refractivity contribution < 1.29 is 18.5 Å². The minimum atomic E-state index is -4.06. The van der Waals surface area contributed by atoms with E-state index in [1.807, 2.05) is 49.3 Å². The molecule has 0 saturated carbocycles. The first-order valence-electron chi connectivity index (χ1n) is 9.83. The van der Waals surface area contributed by atoms with Gasteiger partial charge < -0.3 is 10.2 Å². The molecule has 0 amide bonds. The summed E-state index contributed by atoms with van der Waals surface area (Å²) in [5, 5.41) is 12.1. The third kappa shape index (κ3) is 4.83. The van der Waals surface area contributed by atoms with Crippen molar-refractivity contribution in [3.63, 3.8) is 0 Å². The van der Waals surface area contributed by atoms with Crippen LogP contribution in [0.1, 0.15) is 0 Å². The van der Waals surface area contributed by atoms with Crippen LogP contribution in [0.4, 0.5) is 28.7 Å². The Kier molecular flexibility index (Phi) is 5.80. The highest BCUT2D eigenvalue weighted by molar-refractivity contribution is 7.92. The number of sulfonamides is 1. The van der Waals surface area contributed by atoms with Crippen molar-refractivity contribution in [3.05, 3.63) is 77.7 Å². The average Bonchev–Trinajstić information content (AvgIpc) is 2.79. The first kappa shape index (κ1) is 22.0. The molecule has 0 spiro atoms. The predicted octanol–water partition coefficient (Wildman–Crippen LogP) is 4.04. The molecule has 10 nitrogen and oxygen atoms in total. The zero-order valence-electron chi connectivity index (χ0n) is 17.8. The van der Waals surface area contributed by atoms with Crippen LogP contribution in [0.25, 0.3) is 11.0 Å². The number of nitrogens with zero attached hydrogens (tertiary/aromatic N) is 4. The standard InChI is InChI=1S/C22H21N6O4S/c1-27(2)17-7-5-6-15(14-17)23-21-22(25-20-9-4-3-8-19(20)24-21)26-33(31,32)18-12-10-16(11-13-18)28(29)30/h3-14H,1-2H3,(H,23,24)(H,25,26)(H,29,30)/q+1. The zero-order chi connectivity index (χ0) is 23.6. The lowest BCUT2D eigenvalue weighted by Gasteiger charge is -2.16. The Labute approximate surface area is 190 Å². The van der Waals surface area contributed by atoms with E-state index < -0.39 is 10.0 Å². The summed E-state index contributed by atoms with van der Waals surface area (Å²) in [4.78, 5) is 21.5. The fourth-order valence-corrected chi connectivity index (χ4v) is 4.11. The van der Waals surface area contributed by atoms with E-state index >= 15 is 0 Å². The van der Waals surface area contributed by atoms with Gasteiger partial charge in [0.15, 0.2) is 11.6 Å². The maximum atomic E-state index is 13.0. The summed E-state index contributed by atoms with van der Waals surface area (Å²) in [7, 11) is -0.225. The largest absolute Gasteiger partial charge is 0.378 e. The summed E-state index contributed by atoms with van der Waals surface area (Å²) in [6.45, 7) is 0. The van der Waals surface area contributed by atoms with E-state index in [2.05, 4.69) is 20.0 Å². The van der Waals surface area contributed by atoms with E-state index in [1.54, 1.807) is 18.2 Å². The van der Waals surface area contributed by atoms with Gasteiger partial charge >= 0.3 is 5.69 Å². The number of nitrogens with one attached hydrogen (secondary N) is 2. The second kappa shape index (κ2) is 8.71. The Morgan fingerprint density at radius 2 is 1.52 bits per heavy atom. The predicted molar refractivity (Wildman–Crippen MR) is 126 cm³/mol. The number of fused-ring (bicyclic) bond motifs is 1. The molecule has 0 aliphatic heterocycles. The summed E-state index contributed by atoms with van der Waals surface area (Å²) in [5.74, 6) is 0.242. The quantitative estimate of drug-likeness (QED) is 0.349. The molecule has 0 atom stereocenters. The summed E-state index contributed by atoms with van der Waals surface area (Å²) in [6, 6.07) is 19.5. The molecule has 4 rings (SSSR count). The smallest absolute Gasteiger partial charge is 0.316 e. The van der Waals surface area contributed by atoms with Crippen molar-refractivity contribution in [3.8, 4) is 0 Å². The number of hydrogen-bond acceptors (Lipinski definition) is 7. The van der Waals surface area contributed by atoms with Crippen molar-refractivity contribution in [2.75, 3.05) is 29.0 Å². The molecule has 33 heavy (non-hydrogen) atoms. The van der Waals surface area contributed by atoms with Gasteiger partial charge in [0.1, 0.15) is 0 Å². The van der Waals surface area contributed by atoms with Gasteiger partial charge in [0.05, 0.1) is 20.8 Å². The summed E-state index contributed by atoms with van der Waals surface area (Å²) < 4.78 is 28.5. The number of aromatic nitrogens is 2. The Morgan fingerprint density at radius 1 is 0.879 bits per heavy atom. The number of benzene rings is 3. The van der Waals surface area contributed by atoms with Gasteiger partial charge in [-0.2, -0.15) is 0 Å². The van der Waals surface area contributed by atoms with Crippen LogP contribution in [0, 0.1) is 4.91 Å². The molecule has 0 unspecified atom stereocenters. The SMILES string of the molecule is CN(C)c1cccc(Nc2nc3ccccc3nc2NS(=O)(=O)c2ccc([N+](=O)O)cc2)c1. The van der Waals surface area contributed by atoms with Crippen LogP contribution < -0.4 is 14.9 Å². The number of para-hydroxylation sites is 2. The molecule has 3 N–H and O–H groups in total. The average molecular weight is 466 g/mol. The number of anilines is 4. The van der Waals surface area contributed by atoms with Gasteiger partial charge in [-0.3, -0.25) is 4.72 Å². The van der Waals surface area contributed by atoms with Gasteiger partial charge in [0.25, 0.3) is 14.9 Å². The van der Waals surface area contributed by atoms with Gasteiger partial charge in [-0.15, -0.1) is 0 Å². The second-order valence-corrected chi connectivity index (χ2v) is 9.03. The Hall–Kier alpha value is -4.25. The molecule has 1 heterocycles. The lowest BCUT2D eigenvalue weighted by molar-refractivity contribution is -0.729. The monoisotopic (exact) mass is 465 g/mol. The first-order chi connectivity index (χ1) is 15.7. The van der Waals surface area contributed by atoms with Gasteiger partial charge in [-0.05, 0) is 42.5 Å². The van der Waals surface area contributed by atoms with E-state index in [4.69, 9.17) is 5.21 Å². The van der Waals surface area contributed by atoms with Crippen molar-refractivity contribution in [2.24, 2.45) is 0 Å². The maximum Gasteiger partial charge on any atom is 0.316 e. The van der Waals surface area contributed by atoms with Crippen LogP contribution in [-0.2, 0) is 10.0 Å². The number of hydrogen-bond donors (Lipinski definition) is 3. The second-order valence-electron chi connectivity index (χ2n) is 7.35. The third-order valence-corrected chi connectivity index (χ3v) is 6.15. The molecule has 0 aliphatic carbocycles. The molecule has 168 valence electrons. The molecule has 4 aromatic rings. The summed E-state index contributed by atoms with van der Waals surface area (Å²) >= 11 is 0. The molecule has 11 heteroatoms. The molecular weight excluding hydrogens is 444 g/mol. The van der Waals surface area contributed by atoms with Crippen LogP contribution in [0.5, 0.6) is 0 Å². The highest BCUT2D eigenvalue weighted by atomic mass is 32.2. The van der Waals surface area contributed by atoms with Crippen molar-refractivity contribution in [1.29, 1.82) is 0 Å². The van der Waals surface area contributed by atoms with Crippen molar-refractivity contribution >= 4 is 49.8 Å². The molecule has 0 saturated heterocycles. The minimum Gasteiger partial charge on any atom is -0.378 e. The van der Waals surface area contributed by atoms with Crippen LogP contribution in [0.2, 0.25) is 0 Å². The zero-order valence-corrected chi connectivity index (χ0v) is 18.6. The third-order valence-electron chi connectivity index (χ3n) is 4.79. The van der Waals surface area contributed by atoms with Gasteiger partial charge in [0, 0.05) is 37.6 Å². The highest BCUT2D eigenvalue weighted by Crippen LogP contribution is 2.28. The molecule has 1 aromatic heterocycles. The highest BCUT2D eigenvalue weighted by Gasteiger charge is 2.21. The molecular formula is C22H21N6O4S+. The first-order valence-corrected chi connectivity index (χ1v) is 11.3. The Morgan fingerprint density at radius 3 is 2.12 bits per heavy atom. The van der Waals surface area contributed by atoms with E-state index in [0.29, 0.717) is 16.7 Å². The van der Waals surface area contributed by atoms with E-state index in [0.717, 1.165) is 5.69 Å². The van der Waals surface area contributed by atoms with Crippen LogP contribution in [0.15, 0.2) is 77.7 Å². The van der Waals surface area contributed by atoms with Gasteiger partial charge in [-0.1, -0.05) is 18.2 Å². The van der Waals surface area contributed by atoms with Crippen LogP contribution in [-0.4, -0.2) is 42.6 Å². The van der Waals surface area contributed by atoms with Gasteiger partial charge in [0.2, 0.25) is 0 Å². The van der Waals surface area contributed by atoms with E-state index in [9.17, 15) is 13.3 Å².